The molecule has 176 valence electrons. The molecule has 5 atom stereocenters. The summed E-state index contributed by atoms with van der Waals surface area (Å²) in [5.74, 6) is -3.15. The van der Waals surface area contributed by atoms with Gasteiger partial charge >= 0.3 is 23.9 Å². The molecule has 1 aliphatic heterocycles. The SMILES string of the molecule is CCCCCC(=O)N[C@H]1[C@H](OC(C)=O)[C@@H](OC(C)=O)[C@@H](OC(C)=O)O[C@@H]1COC(C)=O. The Labute approximate surface area is 181 Å². The minimum absolute atomic E-state index is 0.211. The van der Waals surface area contributed by atoms with E-state index in [1.54, 1.807) is 0 Å². The highest BCUT2D eigenvalue weighted by atomic mass is 16.7. The molecule has 0 aliphatic carbocycles. The molecule has 1 amide bonds. The van der Waals surface area contributed by atoms with Gasteiger partial charge in [0.2, 0.25) is 18.3 Å². The largest absolute Gasteiger partial charge is 0.463 e. The van der Waals surface area contributed by atoms with E-state index in [2.05, 4.69) is 5.32 Å². The minimum Gasteiger partial charge on any atom is -0.463 e. The molecule has 1 fully saturated rings. The van der Waals surface area contributed by atoms with Crippen LogP contribution in [0, 0.1) is 0 Å². The number of hydrogen-bond donors (Lipinski definition) is 1. The van der Waals surface area contributed by atoms with Crippen molar-refractivity contribution in [2.24, 2.45) is 0 Å². The smallest absolute Gasteiger partial charge is 0.305 e. The first kappa shape index (κ1) is 26.3. The number of ether oxygens (including phenoxy) is 5. The van der Waals surface area contributed by atoms with Crippen molar-refractivity contribution in [2.45, 2.75) is 90.9 Å². The van der Waals surface area contributed by atoms with Crippen LogP contribution in [0.3, 0.4) is 0 Å². The maximum atomic E-state index is 12.5. The first-order chi connectivity index (χ1) is 14.5. The molecule has 0 spiro atoms. The fourth-order valence-electron chi connectivity index (χ4n) is 3.12. The summed E-state index contributed by atoms with van der Waals surface area (Å²) < 4.78 is 26.4. The zero-order chi connectivity index (χ0) is 23.6. The van der Waals surface area contributed by atoms with Crippen molar-refractivity contribution in [1.82, 2.24) is 5.32 Å². The average molecular weight is 445 g/mol. The highest BCUT2D eigenvalue weighted by Crippen LogP contribution is 2.28. The van der Waals surface area contributed by atoms with Gasteiger partial charge in [0.15, 0.2) is 6.10 Å². The van der Waals surface area contributed by atoms with E-state index in [1.165, 1.54) is 6.92 Å². The summed E-state index contributed by atoms with van der Waals surface area (Å²) in [5, 5.41) is 2.72. The Bertz CT molecular complexity index is 664. The van der Waals surface area contributed by atoms with Crippen LogP contribution in [0.2, 0.25) is 0 Å². The van der Waals surface area contributed by atoms with Crippen LogP contribution in [-0.2, 0) is 47.7 Å². The third-order valence-electron chi connectivity index (χ3n) is 4.33. The molecule has 11 heteroatoms. The van der Waals surface area contributed by atoms with Gasteiger partial charge in [-0.15, -0.1) is 0 Å². The number of rotatable bonds is 10. The molecule has 31 heavy (non-hydrogen) atoms. The molecule has 11 nitrogen and oxygen atoms in total. The van der Waals surface area contributed by atoms with E-state index in [9.17, 15) is 24.0 Å². The van der Waals surface area contributed by atoms with Crippen molar-refractivity contribution >= 4 is 29.8 Å². The molecule has 1 heterocycles. The second-order valence-corrected chi connectivity index (χ2v) is 7.15. The number of carbonyl (C=O) groups excluding carboxylic acids is 5. The molecule has 0 saturated carbocycles. The third kappa shape index (κ3) is 9.33. The Morgan fingerprint density at radius 1 is 0.806 bits per heavy atom. The molecule has 0 radical (unpaired) electrons. The van der Waals surface area contributed by atoms with E-state index in [0.29, 0.717) is 6.42 Å². The summed E-state index contributed by atoms with van der Waals surface area (Å²) in [5.41, 5.74) is 0. The van der Waals surface area contributed by atoms with Crippen molar-refractivity contribution in [3.8, 4) is 0 Å². The standard InChI is InChI=1S/C20H31NO10/c1-6-7-8-9-16(26)21-17-15(10-27-11(2)22)31-20(30-14(5)25)19(29-13(4)24)18(17)28-12(3)23/h15,17-20H,6-10H2,1-5H3,(H,21,26)/t15-,17-,18+,19-,20+/m1/s1. The Hall–Kier alpha value is -2.69. The second-order valence-electron chi connectivity index (χ2n) is 7.15. The van der Waals surface area contributed by atoms with Gasteiger partial charge in [-0.3, -0.25) is 24.0 Å². The van der Waals surface area contributed by atoms with Crippen molar-refractivity contribution < 1.29 is 47.7 Å². The number of amides is 1. The fraction of sp³-hybridized carbons (Fsp3) is 0.750. The number of nitrogens with one attached hydrogen (secondary N) is 1. The molecule has 0 bridgehead atoms. The summed E-state index contributed by atoms with van der Waals surface area (Å²) >= 11 is 0. The Kier molecular flexibility index (Phi) is 10.9. The lowest BCUT2D eigenvalue weighted by atomic mass is 9.95. The molecule has 0 unspecified atom stereocenters. The molecule has 1 saturated heterocycles. The number of carbonyl (C=O) groups is 5. The summed E-state index contributed by atoms with van der Waals surface area (Å²) in [7, 11) is 0. The number of unbranched alkanes of at least 4 members (excludes halogenated alkanes) is 2. The molecule has 1 N–H and O–H groups in total. The maximum absolute atomic E-state index is 12.5. The lowest BCUT2D eigenvalue weighted by molar-refractivity contribution is -0.278. The van der Waals surface area contributed by atoms with Crippen molar-refractivity contribution in [1.29, 1.82) is 0 Å². The van der Waals surface area contributed by atoms with Crippen LogP contribution in [0.4, 0.5) is 0 Å². The van der Waals surface area contributed by atoms with E-state index in [4.69, 9.17) is 23.7 Å². The average Bonchev–Trinajstić information content (AvgIpc) is 2.64. The third-order valence-corrected chi connectivity index (χ3v) is 4.33. The lowest BCUT2D eigenvalue weighted by Gasteiger charge is -2.44. The monoisotopic (exact) mass is 445 g/mol. The highest BCUT2D eigenvalue weighted by Gasteiger charge is 2.52. The first-order valence-corrected chi connectivity index (χ1v) is 10.1. The molecular weight excluding hydrogens is 414 g/mol. The van der Waals surface area contributed by atoms with Gasteiger partial charge in [-0.2, -0.15) is 0 Å². The summed E-state index contributed by atoms with van der Waals surface area (Å²) in [6.45, 7) is 6.25. The van der Waals surface area contributed by atoms with E-state index >= 15 is 0 Å². The van der Waals surface area contributed by atoms with Crippen LogP contribution >= 0.6 is 0 Å². The van der Waals surface area contributed by atoms with E-state index in [0.717, 1.165) is 33.6 Å². The number of esters is 4. The molecule has 1 rings (SSSR count). The molecule has 0 aromatic heterocycles. The Morgan fingerprint density at radius 3 is 1.90 bits per heavy atom. The van der Waals surface area contributed by atoms with Gasteiger partial charge in [-0.05, 0) is 6.42 Å². The molecule has 0 aromatic rings. The summed E-state index contributed by atoms with van der Waals surface area (Å²) in [6.07, 6.45) is -2.46. The summed E-state index contributed by atoms with van der Waals surface area (Å²) in [6, 6.07) is -1.03. The number of hydrogen-bond acceptors (Lipinski definition) is 10. The van der Waals surface area contributed by atoms with Crippen molar-refractivity contribution in [2.75, 3.05) is 6.61 Å². The normalized spacial score (nSPS) is 25.1. The van der Waals surface area contributed by atoms with Gasteiger partial charge in [0, 0.05) is 34.1 Å². The zero-order valence-electron chi connectivity index (χ0n) is 18.5. The van der Waals surface area contributed by atoms with Gasteiger partial charge < -0.3 is 29.0 Å². The van der Waals surface area contributed by atoms with Crippen LogP contribution in [-0.4, -0.2) is 67.0 Å². The predicted octanol–water partition coefficient (Wildman–Crippen LogP) is 0.766. The van der Waals surface area contributed by atoms with Crippen LogP contribution in [0.15, 0.2) is 0 Å². The highest BCUT2D eigenvalue weighted by molar-refractivity contribution is 5.76. The summed E-state index contributed by atoms with van der Waals surface area (Å²) in [4.78, 5) is 58.8. The van der Waals surface area contributed by atoms with Crippen molar-refractivity contribution in [3.05, 3.63) is 0 Å². The Morgan fingerprint density at radius 2 is 1.39 bits per heavy atom. The van der Waals surface area contributed by atoms with Gasteiger partial charge in [0.25, 0.3) is 0 Å². The maximum Gasteiger partial charge on any atom is 0.305 e. The van der Waals surface area contributed by atoms with Crippen LogP contribution < -0.4 is 5.32 Å². The van der Waals surface area contributed by atoms with Gasteiger partial charge in [-0.1, -0.05) is 19.8 Å². The van der Waals surface area contributed by atoms with Gasteiger partial charge in [0.1, 0.15) is 12.7 Å². The zero-order valence-corrected chi connectivity index (χ0v) is 18.5. The van der Waals surface area contributed by atoms with Gasteiger partial charge in [0.05, 0.1) is 6.04 Å². The van der Waals surface area contributed by atoms with Gasteiger partial charge in [-0.25, -0.2) is 0 Å². The van der Waals surface area contributed by atoms with Crippen LogP contribution in [0.1, 0.15) is 60.3 Å². The van der Waals surface area contributed by atoms with E-state index in [-0.39, 0.29) is 18.9 Å². The lowest BCUT2D eigenvalue weighted by Crippen LogP contribution is -2.67. The van der Waals surface area contributed by atoms with Crippen molar-refractivity contribution in [3.63, 3.8) is 0 Å². The second kappa shape index (κ2) is 12.9. The van der Waals surface area contributed by atoms with E-state index in [1.807, 2.05) is 6.92 Å². The first-order valence-electron chi connectivity index (χ1n) is 10.1. The molecule has 0 aromatic carbocycles. The Balaban J connectivity index is 3.25. The fourth-order valence-corrected chi connectivity index (χ4v) is 3.12. The van der Waals surface area contributed by atoms with Crippen LogP contribution in [0.5, 0.6) is 0 Å². The minimum atomic E-state index is -1.44. The topological polar surface area (TPSA) is 144 Å². The van der Waals surface area contributed by atoms with Crippen LogP contribution in [0.25, 0.3) is 0 Å². The molecular formula is C20H31NO10. The van der Waals surface area contributed by atoms with E-state index < -0.39 is 54.5 Å². The quantitative estimate of drug-likeness (QED) is 0.291. The predicted molar refractivity (Wildman–Crippen MR) is 104 cm³/mol. The molecule has 1 aliphatic rings.